The Kier molecular flexibility index (Phi) is 3.05. The lowest BCUT2D eigenvalue weighted by atomic mass is 9.94. The van der Waals surface area contributed by atoms with Crippen molar-refractivity contribution in [2.24, 2.45) is 10.5 Å². The van der Waals surface area contributed by atoms with Crippen LogP contribution < -0.4 is 0 Å². The van der Waals surface area contributed by atoms with Gasteiger partial charge in [-0.2, -0.15) is 3.22 Å². The van der Waals surface area contributed by atoms with Crippen molar-refractivity contribution in [2.75, 3.05) is 13.1 Å². The molecule has 20 heavy (non-hydrogen) atoms. The molecule has 0 bridgehead atoms. The fourth-order valence-electron chi connectivity index (χ4n) is 3.10. The minimum Gasteiger partial charge on any atom is -0.433 e. The van der Waals surface area contributed by atoms with E-state index in [1.165, 1.54) is 25.7 Å². The summed E-state index contributed by atoms with van der Waals surface area (Å²) in [5.74, 6) is 0. The number of piperidine rings is 1. The molecule has 1 aliphatic carbocycles. The molecule has 1 unspecified atom stereocenters. The van der Waals surface area contributed by atoms with Gasteiger partial charge in [0.2, 0.25) is 6.23 Å². The van der Waals surface area contributed by atoms with Crippen molar-refractivity contribution in [1.29, 1.82) is 0 Å². The van der Waals surface area contributed by atoms with Gasteiger partial charge in [-0.25, -0.2) is 0 Å². The molecule has 0 aromatic heterocycles. The van der Waals surface area contributed by atoms with Crippen LogP contribution >= 0.6 is 22.9 Å². The van der Waals surface area contributed by atoms with E-state index in [0.29, 0.717) is 5.41 Å². The van der Waals surface area contributed by atoms with Crippen molar-refractivity contribution in [3.8, 4) is 0 Å². The summed E-state index contributed by atoms with van der Waals surface area (Å²) in [6, 6.07) is 11.1. The molecule has 3 aliphatic rings. The molecular formula is C15H18IN3O. The highest BCUT2D eigenvalue weighted by Gasteiger charge is 2.45. The molecule has 2 aliphatic heterocycles. The van der Waals surface area contributed by atoms with Gasteiger partial charge in [0.05, 0.1) is 22.9 Å². The van der Waals surface area contributed by atoms with Crippen molar-refractivity contribution in [3.63, 3.8) is 0 Å². The van der Waals surface area contributed by atoms with Crippen LogP contribution in [0.15, 0.2) is 35.4 Å². The van der Waals surface area contributed by atoms with E-state index in [-0.39, 0.29) is 6.23 Å². The van der Waals surface area contributed by atoms with Gasteiger partial charge >= 0.3 is 6.02 Å². The van der Waals surface area contributed by atoms with Crippen molar-refractivity contribution < 1.29 is 4.74 Å². The molecule has 1 atom stereocenters. The third-order valence-corrected chi connectivity index (χ3v) is 5.45. The maximum atomic E-state index is 6.08. The summed E-state index contributed by atoms with van der Waals surface area (Å²) >= 11 is 2.22. The maximum absolute atomic E-state index is 6.08. The molecule has 0 amide bonds. The van der Waals surface area contributed by atoms with Gasteiger partial charge in [-0.15, -0.1) is 5.10 Å². The lowest BCUT2D eigenvalue weighted by molar-refractivity contribution is 0.110. The number of nitrogens with zero attached hydrogens (tertiary/aromatic N) is 3. The molecular weight excluding hydrogens is 365 g/mol. The summed E-state index contributed by atoms with van der Waals surface area (Å²) in [5, 5.41) is 4.58. The van der Waals surface area contributed by atoms with Crippen molar-refractivity contribution in [1.82, 2.24) is 8.12 Å². The van der Waals surface area contributed by atoms with Gasteiger partial charge in [0, 0.05) is 18.7 Å². The number of rotatable bonds is 1. The normalized spacial score (nSPS) is 27.4. The number of halogens is 1. The van der Waals surface area contributed by atoms with E-state index < -0.39 is 0 Å². The Balaban J connectivity index is 1.44. The van der Waals surface area contributed by atoms with Crippen molar-refractivity contribution in [2.45, 2.75) is 31.9 Å². The predicted molar refractivity (Wildman–Crippen MR) is 86.0 cm³/mol. The highest BCUT2D eigenvalue weighted by molar-refractivity contribution is 14.1. The molecule has 4 nitrogen and oxygen atoms in total. The third-order valence-electron chi connectivity index (χ3n) is 4.73. The Bertz CT molecular complexity index is 519. The second-order valence-corrected chi connectivity index (χ2v) is 7.03. The van der Waals surface area contributed by atoms with Crippen LogP contribution in [-0.4, -0.2) is 27.2 Å². The van der Waals surface area contributed by atoms with E-state index in [2.05, 4.69) is 45.0 Å². The number of hydrazone groups is 1. The van der Waals surface area contributed by atoms with Crippen LogP contribution in [0.3, 0.4) is 0 Å². The molecule has 4 rings (SSSR count). The Morgan fingerprint density at radius 2 is 1.80 bits per heavy atom. The van der Waals surface area contributed by atoms with Gasteiger partial charge < -0.3 is 9.64 Å². The quantitative estimate of drug-likeness (QED) is 0.549. The summed E-state index contributed by atoms with van der Waals surface area (Å²) < 4.78 is 7.97. The molecule has 0 N–H and O–H groups in total. The van der Waals surface area contributed by atoms with Crippen LogP contribution in [-0.2, 0) is 4.74 Å². The van der Waals surface area contributed by atoms with Crippen LogP contribution in [0.25, 0.3) is 0 Å². The molecule has 1 spiro atoms. The van der Waals surface area contributed by atoms with Gasteiger partial charge in [-0.3, -0.25) is 0 Å². The summed E-state index contributed by atoms with van der Waals surface area (Å²) in [7, 11) is 0. The van der Waals surface area contributed by atoms with Crippen molar-refractivity contribution >= 4 is 28.9 Å². The minimum absolute atomic E-state index is 0.0939. The Labute approximate surface area is 133 Å². The summed E-state index contributed by atoms with van der Waals surface area (Å²) in [5.41, 5.74) is 1.84. The monoisotopic (exact) mass is 383 g/mol. The molecule has 1 aromatic rings. The van der Waals surface area contributed by atoms with Gasteiger partial charge in [0.1, 0.15) is 0 Å². The van der Waals surface area contributed by atoms with Crippen LogP contribution in [0, 0.1) is 5.41 Å². The number of benzene rings is 1. The predicted octanol–water partition coefficient (Wildman–Crippen LogP) is 3.51. The third kappa shape index (κ3) is 2.25. The number of likely N-dealkylation sites (tertiary alicyclic amines) is 1. The lowest BCUT2D eigenvalue weighted by Crippen LogP contribution is -2.39. The molecule has 0 radical (unpaired) electrons. The average molecular weight is 383 g/mol. The van der Waals surface area contributed by atoms with Crippen LogP contribution in [0.1, 0.15) is 37.5 Å². The fraction of sp³-hybridized carbons (Fsp3) is 0.533. The SMILES string of the molecule is IN1N=C(N2CCC3(CC2)CC3)OC1c1ccccc1. The second-order valence-electron chi connectivity index (χ2n) is 6.04. The zero-order chi connectivity index (χ0) is 13.6. The number of hydrogen-bond acceptors (Lipinski definition) is 4. The highest BCUT2D eigenvalue weighted by Crippen LogP contribution is 2.53. The molecule has 5 heteroatoms. The average Bonchev–Trinajstić information content (AvgIpc) is 3.12. The van der Waals surface area contributed by atoms with E-state index in [4.69, 9.17) is 4.74 Å². The number of amidine groups is 1. The summed E-state index contributed by atoms with van der Waals surface area (Å²) in [6.07, 6.45) is 5.36. The van der Waals surface area contributed by atoms with Gasteiger partial charge in [-0.05, 0) is 31.1 Å². The molecule has 1 saturated carbocycles. The highest BCUT2D eigenvalue weighted by atomic mass is 127. The van der Waals surface area contributed by atoms with Gasteiger partial charge in [-0.1, -0.05) is 30.3 Å². The first-order chi connectivity index (χ1) is 9.76. The van der Waals surface area contributed by atoms with E-state index in [0.717, 1.165) is 24.7 Å². The Hall–Kier alpha value is -0.980. The lowest BCUT2D eigenvalue weighted by Gasteiger charge is -2.32. The molecule has 1 aromatic carbocycles. The molecule has 1 saturated heterocycles. The molecule has 2 heterocycles. The summed E-state index contributed by atoms with van der Waals surface area (Å²) in [4.78, 5) is 2.30. The molecule has 106 valence electrons. The maximum Gasteiger partial charge on any atom is 0.312 e. The van der Waals surface area contributed by atoms with E-state index >= 15 is 0 Å². The van der Waals surface area contributed by atoms with Crippen LogP contribution in [0.5, 0.6) is 0 Å². The number of ether oxygens (including phenoxy) is 1. The molecule has 2 fully saturated rings. The first-order valence-electron chi connectivity index (χ1n) is 7.26. The van der Waals surface area contributed by atoms with E-state index in [9.17, 15) is 0 Å². The van der Waals surface area contributed by atoms with Crippen molar-refractivity contribution in [3.05, 3.63) is 35.9 Å². The zero-order valence-corrected chi connectivity index (χ0v) is 13.5. The van der Waals surface area contributed by atoms with Gasteiger partial charge in [0.25, 0.3) is 0 Å². The van der Waals surface area contributed by atoms with Crippen LogP contribution in [0.4, 0.5) is 0 Å². The largest absolute Gasteiger partial charge is 0.433 e. The smallest absolute Gasteiger partial charge is 0.312 e. The Morgan fingerprint density at radius 1 is 1.10 bits per heavy atom. The minimum atomic E-state index is -0.0939. The summed E-state index contributed by atoms with van der Waals surface area (Å²) in [6.45, 7) is 2.18. The van der Waals surface area contributed by atoms with Crippen LogP contribution in [0.2, 0.25) is 0 Å². The Morgan fingerprint density at radius 3 is 2.45 bits per heavy atom. The number of hydrogen-bond donors (Lipinski definition) is 0. The first kappa shape index (κ1) is 12.7. The van der Waals surface area contributed by atoms with Gasteiger partial charge in [0.15, 0.2) is 0 Å². The van der Waals surface area contributed by atoms with E-state index in [1.807, 2.05) is 21.4 Å². The zero-order valence-electron chi connectivity index (χ0n) is 11.3. The van der Waals surface area contributed by atoms with E-state index in [1.54, 1.807) is 0 Å². The first-order valence-corrected chi connectivity index (χ1v) is 8.23. The fourth-order valence-corrected chi connectivity index (χ4v) is 3.72. The standard InChI is InChI=1S/C15H18IN3O/c16-19-13(12-4-2-1-3-5-12)20-14(17-19)18-10-8-15(6-7-15)9-11-18/h1-5,13H,6-11H2. The topological polar surface area (TPSA) is 28.1 Å². The second kappa shape index (κ2) is 4.79.